The minimum Gasteiger partial charge on any atom is -0.385 e. The Bertz CT molecular complexity index is 76.6. The largest absolute Gasteiger partial charge is 0.385 e. The fourth-order valence-corrected chi connectivity index (χ4v) is 0.643. The minimum absolute atomic E-state index is 0.860. The molecule has 0 N–H and O–H groups in total. The van der Waals surface area contributed by atoms with E-state index >= 15 is 0 Å². The van der Waals surface area contributed by atoms with Gasteiger partial charge in [0.2, 0.25) is 0 Å². The van der Waals surface area contributed by atoms with Crippen LogP contribution in [0, 0.1) is 0 Å². The van der Waals surface area contributed by atoms with Crippen molar-refractivity contribution in [3.8, 4) is 0 Å². The van der Waals surface area contributed by atoms with E-state index in [2.05, 4.69) is 13.5 Å². The number of ether oxygens (including phenoxy) is 1. The van der Waals surface area contributed by atoms with Gasteiger partial charge >= 0.3 is 0 Å². The van der Waals surface area contributed by atoms with Gasteiger partial charge < -0.3 is 4.74 Å². The van der Waals surface area contributed by atoms with Crippen molar-refractivity contribution in [3.63, 3.8) is 0 Å². The lowest BCUT2D eigenvalue weighted by molar-refractivity contribution is 0.195. The zero-order valence-corrected chi connectivity index (χ0v) is 6.44. The fraction of sp³-hybridized carbons (Fsp3) is 0.750. The van der Waals surface area contributed by atoms with E-state index in [9.17, 15) is 0 Å². The molecule has 0 spiro atoms. The predicted octanol–water partition coefficient (Wildman–Crippen LogP) is 2.38. The van der Waals surface area contributed by atoms with Crippen LogP contribution in [0.15, 0.2) is 12.2 Å². The summed E-state index contributed by atoms with van der Waals surface area (Å²) < 4.78 is 4.90. The Morgan fingerprint density at radius 1 is 1.56 bits per heavy atom. The maximum absolute atomic E-state index is 4.90. The standard InChI is InChI=1S/C8H16O/c1-4-8(2)6-5-7-9-3/h2,4-7H2,1,3H3. The number of hydrogen-bond donors (Lipinski definition) is 0. The Labute approximate surface area is 57.7 Å². The topological polar surface area (TPSA) is 9.23 Å². The van der Waals surface area contributed by atoms with E-state index in [0.717, 1.165) is 25.9 Å². The van der Waals surface area contributed by atoms with Crippen molar-refractivity contribution in [2.45, 2.75) is 26.2 Å². The van der Waals surface area contributed by atoms with Gasteiger partial charge in [0.05, 0.1) is 0 Å². The average Bonchev–Trinajstić information content (AvgIpc) is 1.89. The summed E-state index contributed by atoms with van der Waals surface area (Å²) in [7, 11) is 1.73. The zero-order valence-electron chi connectivity index (χ0n) is 6.44. The molecule has 0 amide bonds. The monoisotopic (exact) mass is 128 g/mol. The summed E-state index contributed by atoms with van der Waals surface area (Å²) >= 11 is 0. The van der Waals surface area contributed by atoms with Gasteiger partial charge in [-0.15, -0.1) is 0 Å². The third kappa shape index (κ3) is 5.57. The van der Waals surface area contributed by atoms with Gasteiger partial charge in [0.15, 0.2) is 0 Å². The van der Waals surface area contributed by atoms with Gasteiger partial charge in [-0.2, -0.15) is 0 Å². The van der Waals surface area contributed by atoms with Gasteiger partial charge in [0.25, 0.3) is 0 Å². The van der Waals surface area contributed by atoms with Gasteiger partial charge in [-0.3, -0.25) is 0 Å². The van der Waals surface area contributed by atoms with Crippen LogP contribution >= 0.6 is 0 Å². The van der Waals surface area contributed by atoms with Crippen molar-refractivity contribution in [1.82, 2.24) is 0 Å². The first-order valence-corrected chi connectivity index (χ1v) is 3.46. The molecule has 0 heterocycles. The van der Waals surface area contributed by atoms with Crippen LogP contribution < -0.4 is 0 Å². The van der Waals surface area contributed by atoms with Crippen molar-refractivity contribution in [1.29, 1.82) is 0 Å². The van der Waals surface area contributed by atoms with E-state index < -0.39 is 0 Å². The Morgan fingerprint density at radius 2 is 2.22 bits per heavy atom. The summed E-state index contributed by atoms with van der Waals surface area (Å²) in [4.78, 5) is 0. The average molecular weight is 128 g/mol. The SMILES string of the molecule is C=C(CC)CCCOC. The van der Waals surface area contributed by atoms with E-state index in [1.807, 2.05) is 0 Å². The molecule has 0 aliphatic carbocycles. The molecule has 0 aromatic rings. The summed E-state index contributed by atoms with van der Waals surface area (Å²) in [6, 6.07) is 0. The van der Waals surface area contributed by atoms with Crippen LogP contribution in [0.5, 0.6) is 0 Å². The molecule has 0 saturated heterocycles. The third-order valence-electron chi connectivity index (χ3n) is 1.38. The van der Waals surface area contributed by atoms with E-state index in [0.29, 0.717) is 0 Å². The van der Waals surface area contributed by atoms with Gasteiger partial charge in [-0.25, -0.2) is 0 Å². The molecule has 0 aliphatic heterocycles. The van der Waals surface area contributed by atoms with Gasteiger partial charge in [-0.05, 0) is 19.3 Å². The molecule has 0 atom stereocenters. The van der Waals surface area contributed by atoms with Crippen LogP contribution in [0.4, 0.5) is 0 Å². The minimum atomic E-state index is 0.860. The number of hydrogen-bond acceptors (Lipinski definition) is 1. The van der Waals surface area contributed by atoms with Gasteiger partial charge in [0, 0.05) is 13.7 Å². The summed E-state index contributed by atoms with van der Waals surface area (Å²) in [5, 5.41) is 0. The Hall–Kier alpha value is -0.300. The molecule has 0 unspecified atom stereocenters. The zero-order chi connectivity index (χ0) is 7.11. The van der Waals surface area contributed by atoms with Crippen molar-refractivity contribution < 1.29 is 4.74 Å². The molecular weight excluding hydrogens is 112 g/mol. The lowest BCUT2D eigenvalue weighted by Gasteiger charge is -1.99. The van der Waals surface area contributed by atoms with E-state index in [1.165, 1.54) is 5.57 Å². The normalized spacial score (nSPS) is 9.56. The van der Waals surface area contributed by atoms with Crippen molar-refractivity contribution in [2.75, 3.05) is 13.7 Å². The molecular formula is C8H16O. The second-order valence-electron chi connectivity index (χ2n) is 2.20. The lowest BCUT2D eigenvalue weighted by atomic mass is 10.1. The molecule has 1 nitrogen and oxygen atoms in total. The van der Waals surface area contributed by atoms with Crippen molar-refractivity contribution >= 4 is 0 Å². The molecule has 1 heteroatoms. The third-order valence-corrected chi connectivity index (χ3v) is 1.38. The molecule has 0 aliphatic rings. The van der Waals surface area contributed by atoms with Crippen LogP contribution in [0.1, 0.15) is 26.2 Å². The summed E-state index contributed by atoms with van der Waals surface area (Å²) in [6.45, 7) is 6.88. The highest BCUT2D eigenvalue weighted by molar-refractivity contribution is 4.91. The highest BCUT2D eigenvalue weighted by atomic mass is 16.5. The molecule has 54 valence electrons. The quantitative estimate of drug-likeness (QED) is 0.408. The predicted molar refractivity (Wildman–Crippen MR) is 40.5 cm³/mol. The first-order valence-electron chi connectivity index (χ1n) is 3.46. The maximum atomic E-state index is 4.90. The van der Waals surface area contributed by atoms with E-state index in [-0.39, 0.29) is 0 Å². The summed E-state index contributed by atoms with van der Waals surface area (Å²) in [5.41, 5.74) is 1.33. The second-order valence-corrected chi connectivity index (χ2v) is 2.20. The van der Waals surface area contributed by atoms with E-state index in [1.54, 1.807) is 7.11 Å². The highest BCUT2D eigenvalue weighted by Gasteiger charge is 1.88. The number of allylic oxidation sites excluding steroid dienone is 1. The van der Waals surface area contributed by atoms with Crippen molar-refractivity contribution in [2.24, 2.45) is 0 Å². The van der Waals surface area contributed by atoms with Crippen LogP contribution in [0.2, 0.25) is 0 Å². The van der Waals surface area contributed by atoms with Crippen molar-refractivity contribution in [3.05, 3.63) is 12.2 Å². The van der Waals surface area contributed by atoms with Crippen LogP contribution in [0.3, 0.4) is 0 Å². The molecule has 0 aromatic carbocycles. The number of rotatable bonds is 5. The maximum Gasteiger partial charge on any atom is 0.0465 e. The molecule has 0 radical (unpaired) electrons. The molecule has 0 aromatic heterocycles. The lowest BCUT2D eigenvalue weighted by Crippen LogP contribution is -1.88. The van der Waals surface area contributed by atoms with Gasteiger partial charge in [-0.1, -0.05) is 19.1 Å². The highest BCUT2D eigenvalue weighted by Crippen LogP contribution is 2.05. The van der Waals surface area contributed by atoms with E-state index in [4.69, 9.17) is 4.74 Å². The number of methoxy groups -OCH3 is 1. The van der Waals surface area contributed by atoms with Crippen LogP contribution in [0.25, 0.3) is 0 Å². The van der Waals surface area contributed by atoms with Gasteiger partial charge in [0.1, 0.15) is 0 Å². The molecule has 0 bridgehead atoms. The second kappa shape index (κ2) is 5.83. The van der Waals surface area contributed by atoms with Crippen LogP contribution in [-0.2, 0) is 4.74 Å². The van der Waals surface area contributed by atoms with Crippen LogP contribution in [-0.4, -0.2) is 13.7 Å². The first-order chi connectivity index (χ1) is 4.31. The Balaban J connectivity index is 2.97. The molecule has 9 heavy (non-hydrogen) atoms. The smallest absolute Gasteiger partial charge is 0.0465 e. The molecule has 0 fully saturated rings. The summed E-state index contributed by atoms with van der Waals surface area (Å²) in [6.07, 6.45) is 3.33. The Kier molecular flexibility index (Phi) is 5.64. The first kappa shape index (κ1) is 8.70. The Morgan fingerprint density at radius 3 is 2.67 bits per heavy atom. The molecule has 0 saturated carbocycles. The summed E-state index contributed by atoms with van der Waals surface area (Å²) in [5.74, 6) is 0. The fourth-order valence-electron chi connectivity index (χ4n) is 0.643. The molecule has 0 rings (SSSR count).